The highest BCUT2D eigenvalue weighted by Gasteiger charge is 2.10. The summed E-state index contributed by atoms with van der Waals surface area (Å²) in [6, 6.07) is 9.10. The fourth-order valence-corrected chi connectivity index (χ4v) is 1.87. The van der Waals surface area contributed by atoms with Crippen LogP contribution in [-0.2, 0) is 0 Å². The molecule has 0 aliphatic carbocycles. The molecule has 0 aromatic heterocycles. The fraction of sp³-hybridized carbons (Fsp3) is 0.538. The van der Waals surface area contributed by atoms with Crippen LogP contribution in [0.1, 0.15) is 37.4 Å². The highest BCUT2D eigenvalue weighted by Crippen LogP contribution is 2.17. The van der Waals surface area contributed by atoms with Crippen LogP contribution in [0.15, 0.2) is 24.3 Å². The van der Waals surface area contributed by atoms with Crippen molar-refractivity contribution >= 4 is 0 Å². The molecule has 2 nitrogen and oxygen atoms in total. The van der Waals surface area contributed by atoms with E-state index < -0.39 is 0 Å². The number of aryl methyl sites for hydroxylation is 1. The summed E-state index contributed by atoms with van der Waals surface area (Å²) < 4.78 is 0. The Bertz CT molecular complexity index is 298. The Hall–Kier alpha value is -0.860. The summed E-state index contributed by atoms with van der Waals surface area (Å²) >= 11 is 0. The van der Waals surface area contributed by atoms with Crippen molar-refractivity contribution in [3.63, 3.8) is 0 Å². The molecule has 0 saturated carbocycles. The van der Waals surface area contributed by atoms with Gasteiger partial charge < -0.3 is 10.4 Å². The first kappa shape index (κ1) is 12.2. The SMILES string of the molecule is Cc1ccccc1C(C)N[C@H](C)CCO. The monoisotopic (exact) mass is 207 g/mol. The first-order valence-corrected chi connectivity index (χ1v) is 5.57. The smallest absolute Gasteiger partial charge is 0.0445 e. The van der Waals surface area contributed by atoms with Gasteiger partial charge in [-0.2, -0.15) is 0 Å². The molecule has 0 saturated heterocycles. The van der Waals surface area contributed by atoms with Crippen LogP contribution < -0.4 is 5.32 Å². The van der Waals surface area contributed by atoms with E-state index in [-0.39, 0.29) is 6.61 Å². The number of nitrogens with one attached hydrogen (secondary N) is 1. The molecule has 2 atom stereocenters. The van der Waals surface area contributed by atoms with E-state index in [1.807, 2.05) is 0 Å². The van der Waals surface area contributed by atoms with Gasteiger partial charge in [-0.1, -0.05) is 24.3 Å². The molecule has 1 unspecified atom stereocenters. The van der Waals surface area contributed by atoms with Crippen molar-refractivity contribution in [3.8, 4) is 0 Å². The van der Waals surface area contributed by atoms with Gasteiger partial charge in [0.05, 0.1) is 0 Å². The Labute approximate surface area is 92.3 Å². The average Bonchev–Trinajstić information content (AvgIpc) is 2.18. The minimum Gasteiger partial charge on any atom is -0.396 e. The first-order valence-electron chi connectivity index (χ1n) is 5.57. The van der Waals surface area contributed by atoms with Crippen molar-refractivity contribution in [2.24, 2.45) is 0 Å². The van der Waals surface area contributed by atoms with Crippen molar-refractivity contribution in [3.05, 3.63) is 35.4 Å². The topological polar surface area (TPSA) is 32.3 Å². The molecule has 0 bridgehead atoms. The third kappa shape index (κ3) is 3.65. The zero-order valence-corrected chi connectivity index (χ0v) is 9.83. The van der Waals surface area contributed by atoms with Crippen LogP contribution >= 0.6 is 0 Å². The van der Waals surface area contributed by atoms with E-state index in [9.17, 15) is 0 Å². The molecule has 1 aromatic carbocycles. The second kappa shape index (κ2) is 5.89. The summed E-state index contributed by atoms with van der Waals surface area (Å²) in [5, 5.41) is 12.3. The van der Waals surface area contributed by atoms with E-state index in [4.69, 9.17) is 5.11 Å². The Kier molecular flexibility index (Phi) is 4.79. The van der Waals surface area contributed by atoms with Crippen LogP contribution in [0.2, 0.25) is 0 Å². The lowest BCUT2D eigenvalue weighted by molar-refractivity contribution is 0.264. The number of aliphatic hydroxyl groups is 1. The van der Waals surface area contributed by atoms with Gasteiger partial charge in [0.25, 0.3) is 0 Å². The quantitative estimate of drug-likeness (QED) is 0.777. The van der Waals surface area contributed by atoms with Crippen molar-refractivity contribution in [1.82, 2.24) is 5.32 Å². The van der Waals surface area contributed by atoms with Gasteiger partial charge in [-0.05, 0) is 38.3 Å². The summed E-state index contributed by atoms with van der Waals surface area (Å²) in [6.45, 7) is 6.64. The lowest BCUT2D eigenvalue weighted by Crippen LogP contribution is -2.30. The summed E-state index contributed by atoms with van der Waals surface area (Å²) in [5.74, 6) is 0. The first-order chi connectivity index (χ1) is 7.15. The molecule has 0 fully saturated rings. The minimum atomic E-state index is 0.245. The van der Waals surface area contributed by atoms with Gasteiger partial charge >= 0.3 is 0 Å². The molecule has 0 heterocycles. The molecule has 84 valence electrons. The summed E-state index contributed by atoms with van der Waals surface area (Å²) in [5.41, 5.74) is 2.65. The van der Waals surface area contributed by atoms with Crippen LogP contribution in [0.5, 0.6) is 0 Å². The lowest BCUT2D eigenvalue weighted by atomic mass is 10.0. The summed E-state index contributed by atoms with van der Waals surface area (Å²) in [6.07, 6.45) is 0.802. The van der Waals surface area contributed by atoms with E-state index in [0.717, 1.165) is 6.42 Å². The molecule has 0 amide bonds. The standard InChI is InChI=1S/C13H21NO/c1-10-6-4-5-7-13(10)12(3)14-11(2)8-9-15/h4-7,11-12,14-15H,8-9H2,1-3H3/t11-,12?/m1/s1. The van der Waals surface area contributed by atoms with Crippen molar-refractivity contribution in [2.75, 3.05) is 6.61 Å². The lowest BCUT2D eigenvalue weighted by Gasteiger charge is -2.21. The second-order valence-corrected chi connectivity index (χ2v) is 4.16. The van der Waals surface area contributed by atoms with Crippen LogP contribution in [0.3, 0.4) is 0 Å². The zero-order valence-electron chi connectivity index (χ0n) is 9.83. The molecule has 0 aliphatic rings. The van der Waals surface area contributed by atoms with Crippen LogP contribution in [0.25, 0.3) is 0 Å². The van der Waals surface area contributed by atoms with Crippen molar-refractivity contribution in [2.45, 2.75) is 39.3 Å². The third-order valence-corrected chi connectivity index (χ3v) is 2.75. The van der Waals surface area contributed by atoms with Gasteiger partial charge in [-0.3, -0.25) is 0 Å². The molecule has 1 rings (SSSR count). The summed E-state index contributed by atoms with van der Waals surface area (Å²) in [4.78, 5) is 0. The van der Waals surface area contributed by atoms with Crippen LogP contribution in [0, 0.1) is 6.92 Å². The van der Waals surface area contributed by atoms with Gasteiger partial charge in [0.2, 0.25) is 0 Å². The predicted octanol–water partition coefficient (Wildman–Crippen LogP) is 2.42. The van der Waals surface area contributed by atoms with Gasteiger partial charge in [-0.15, -0.1) is 0 Å². The molecule has 15 heavy (non-hydrogen) atoms. The van der Waals surface area contributed by atoms with Gasteiger partial charge in [-0.25, -0.2) is 0 Å². The Morgan fingerprint density at radius 2 is 1.93 bits per heavy atom. The molecule has 2 N–H and O–H groups in total. The Morgan fingerprint density at radius 1 is 1.27 bits per heavy atom. The van der Waals surface area contributed by atoms with Gasteiger partial charge in [0.15, 0.2) is 0 Å². The average molecular weight is 207 g/mol. The highest BCUT2D eigenvalue weighted by molar-refractivity contribution is 5.28. The number of hydrogen-bond donors (Lipinski definition) is 2. The predicted molar refractivity (Wildman–Crippen MR) is 63.9 cm³/mol. The van der Waals surface area contributed by atoms with E-state index in [2.05, 4.69) is 50.4 Å². The van der Waals surface area contributed by atoms with Crippen molar-refractivity contribution in [1.29, 1.82) is 0 Å². The molecule has 0 aliphatic heterocycles. The highest BCUT2D eigenvalue weighted by atomic mass is 16.3. The Balaban J connectivity index is 2.61. The van der Waals surface area contributed by atoms with E-state index in [1.165, 1.54) is 11.1 Å². The number of hydrogen-bond acceptors (Lipinski definition) is 2. The van der Waals surface area contributed by atoms with Crippen molar-refractivity contribution < 1.29 is 5.11 Å². The molecular formula is C13H21NO. The minimum absolute atomic E-state index is 0.245. The van der Waals surface area contributed by atoms with Gasteiger partial charge in [0, 0.05) is 18.7 Å². The number of benzene rings is 1. The number of aliphatic hydroxyl groups excluding tert-OH is 1. The maximum absolute atomic E-state index is 8.83. The normalized spacial score (nSPS) is 14.9. The fourth-order valence-electron chi connectivity index (χ4n) is 1.87. The molecular weight excluding hydrogens is 186 g/mol. The molecule has 1 aromatic rings. The Morgan fingerprint density at radius 3 is 2.53 bits per heavy atom. The third-order valence-electron chi connectivity index (χ3n) is 2.75. The molecule has 0 spiro atoms. The van der Waals surface area contributed by atoms with Crippen LogP contribution in [0.4, 0.5) is 0 Å². The largest absolute Gasteiger partial charge is 0.396 e. The molecule has 2 heteroatoms. The van der Waals surface area contributed by atoms with E-state index in [0.29, 0.717) is 12.1 Å². The summed E-state index contributed by atoms with van der Waals surface area (Å²) in [7, 11) is 0. The van der Waals surface area contributed by atoms with E-state index >= 15 is 0 Å². The second-order valence-electron chi connectivity index (χ2n) is 4.16. The van der Waals surface area contributed by atoms with Gasteiger partial charge in [0.1, 0.15) is 0 Å². The number of rotatable bonds is 5. The van der Waals surface area contributed by atoms with E-state index in [1.54, 1.807) is 0 Å². The zero-order chi connectivity index (χ0) is 11.3. The van der Waals surface area contributed by atoms with Crippen LogP contribution in [-0.4, -0.2) is 17.8 Å². The maximum atomic E-state index is 8.83. The molecule has 0 radical (unpaired) electrons. The maximum Gasteiger partial charge on any atom is 0.0445 e.